The third-order valence-electron chi connectivity index (χ3n) is 1.90. The largest absolute Gasteiger partial charge is 0.335 e. The van der Waals surface area contributed by atoms with Crippen LogP contribution in [0.15, 0.2) is 0 Å². The highest BCUT2D eigenvalue weighted by molar-refractivity contribution is 5.77. The fourth-order valence-electron chi connectivity index (χ4n) is 1.71. The standard InChI is InChI=1S/C11H22NO/c1-7-8-10(13)12(9(2)3)11(4,5)6/h9H,1,7-8H2,2-6H3. The lowest BCUT2D eigenvalue weighted by atomic mass is 10.0. The summed E-state index contributed by atoms with van der Waals surface area (Å²) in [6.45, 7) is 14.0. The molecule has 13 heavy (non-hydrogen) atoms. The van der Waals surface area contributed by atoms with Crippen LogP contribution in [0.1, 0.15) is 47.5 Å². The molecule has 1 amide bonds. The van der Waals surface area contributed by atoms with Gasteiger partial charge in [-0.25, -0.2) is 0 Å². The van der Waals surface area contributed by atoms with Gasteiger partial charge in [0.25, 0.3) is 0 Å². The van der Waals surface area contributed by atoms with E-state index in [0.717, 1.165) is 0 Å². The lowest BCUT2D eigenvalue weighted by Gasteiger charge is -2.39. The van der Waals surface area contributed by atoms with Crippen molar-refractivity contribution in [1.82, 2.24) is 4.90 Å². The maximum atomic E-state index is 11.7. The van der Waals surface area contributed by atoms with Gasteiger partial charge in [0, 0.05) is 18.0 Å². The van der Waals surface area contributed by atoms with E-state index >= 15 is 0 Å². The van der Waals surface area contributed by atoms with Gasteiger partial charge in [0.15, 0.2) is 0 Å². The van der Waals surface area contributed by atoms with E-state index in [4.69, 9.17) is 0 Å². The van der Waals surface area contributed by atoms with Crippen LogP contribution < -0.4 is 0 Å². The van der Waals surface area contributed by atoms with Gasteiger partial charge < -0.3 is 4.90 Å². The van der Waals surface area contributed by atoms with Crippen LogP contribution >= 0.6 is 0 Å². The number of hydrogen-bond acceptors (Lipinski definition) is 1. The van der Waals surface area contributed by atoms with Crippen LogP contribution in [-0.2, 0) is 4.79 Å². The number of rotatable bonds is 3. The van der Waals surface area contributed by atoms with E-state index in [1.54, 1.807) is 0 Å². The Balaban J connectivity index is 4.52. The van der Waals surface area contributed by atoms with Crippen LogP contribution in [0.25, 0.3) is 0 Å². The summed E-state index contributed by atoms with van der Waals surface area (Å²) >= 11 is 0. The smallest absolute Gasteiger partial charge is 0.223 e. The van der Waals surface area contributed by atoms with Gasteiger partial charge in [-0.3, -0.25) is 4.79 Å². The fraction of sp³-hybridized carbons (Fsp3) is 0.818. The molecular weight excluding hydrogens is 162 g/mol. The van der Waals surface area contributed by atoms with E-state index in [1.807, 2.05) is 18.7 Å². The van der Waals surface area contributed by atoms with E-state index in [-0.39, 0.29) is 17.5 Å². The maximum Gasteiger partial charge on any atom is 0.223 e. The summed E-state index contributed by atoms with van der Waals surface area (Å²) in [7, 11) is 0. The zero-order chi connectivity index (χ0) is 10.6. The van der Waals surface area contributed by atoms with E-state index in [0.29, 0.717) is 12.8 Å². The molecule has 0 rings (SSSR count). The van der Waals surface area contributed by atoms with Crippen molar-refractivity contribution in [3.63, 3.8) is 0 Å². The van der Waals surface area contributed by atoms with E-state index in [1.165, 1.54) is 0 Å². The van der Waals surface area contributed by atoms with Crippen LogP contribution in [-0.4, -0.2) is 22.4 Å². The number of carbonyl (C=O) groups is 1. The zero-order valence-electron chi connectivity index (χ0n) is 9.55. The lowest BCUT2D eigenvalue weighted by molar-refractivity contribution is -0.138. The topological polar surface area (TPSA) is 20.3 Å². The number of nitrogens with zero attached hydrogens (tertiary/aromatic N) is 1. The molecule has 2 heteroatoms. The molecule has 0 aliphatic carbocycles. The molecule has 0 fully saturated rings. The maximum absolute atomic E-state index is 11.7. The van der Waals surface area contributed by atoms with Crippen molar-refractivity contribution in [2.24, 2.45) is 0 Å². The van der Waals surface area contributed by atoms with Crippen molar-refractivity contribution < 1.29 is 4.79 Å². The van der Waals surface area contributed by atoms with Crippen molar-refractivity contribution >= 4 is 5.91 Å². The fourth-order valence-corrected chi connectivity index (χ4v) is 1.71. The van der Waals surface area contributed by atoms with Gasteiger partial charge in [-0.2, -0.15) is 0 Å². The van der Waals surface area contributed by atoms with E-state index < -0.39 is 0 Å². The highest BCUT2D eigenvalue weighted by atomic mass is 16.2. The van der Waals surface area contributed by atoms with Gasteiger partial charge in [0.1, 0.15) is 0 Å². The second-order valence-corrected chi connectivity index (χ2v) is 4.63. The van der Waals surface area contributed by atoms with Crippen LogP contribution in [0.2, 0.25) is 0 Å². The summed E-state index contributed by atoms with van der Waals surface area (Å²) in [6, 6.07) is 0.263. The molecule has 0 aromatic rings. The second-order valence-electron chi connectivity index (χ2n) is 4.63. The molecule has 77 valence electrons. The Morgan fingerprint density at radius 2 is 1.85 bits per heavy atom. The van der Waals surface area contributed by atoms with Crippen molar-refractivity contribution in [3.05, 3.63) is 6.92 Å². The predicted molar refractivity (Wildman–Crippen MR) is 56.3 cm³/mol. The first-order chi connectivity index (χ1) is 5.80. The van der Waals surface area contributed by atoms with Crippen LogP contribution in [0.4, 0.5) is 0 Å². The average molecular weight is 184 g/mol. The Kier molecular flexibility index (Phi) is 4.45. The molecule has 1 radical (unpaired) electrons. The minimum absolute atomic E-state index is 0.0829. The first-order valence-corrected chi connectivity index (χ1v) is 4.92. The third-order valence-corrected chi connectivity index (χ3v) is 1.90. The first kappa shape index (κ1) is 12.5. The minimum Gasteiger partial charge on any atom is -0.335 e. The average Bonchev–Trinajstić information content (AvgIpc) is 1.82. The molecule has 0 spiro atoms. The number of hydrogen-bond donors (Lipinski definition) is 0. The molecule has 0 heterocycles. The summed E-state index contributed by atoms with van der Waals surface area (Å²) in [6.07, 6.45) is 1.23. The highest BCUT2D eigenvalue weighted by Gasteiger charge is 2.27. The summed E-state index contributed by atoms with van der Waals surface area (Å²) in [5.41, 5.74) is -0.0829. The molecule has 0 bridgehead atoms. The molecular formula is C11H22NO. The lowest BCUT2D eigenvalue weighted by Crippen LogP contribution is -2.49. The summed E-state index contributed by atoms with van der Waals surface area (Å²) < 4.78 is 0. The summed E-state index contributed by atoms with van der Waals surface area (Å²) in [5.74, 6) is 0.206. The second kappa shape index (κ2) is 4.64. The molecule has 0 aromatic carbocycles. The molecule has 0 aliphatic heterocycles. The minimum atomic E-state index is -0.0829. The van der Waals surface area contributed by atoms with Gasteiger partial charge in [0.05, 0.1) is 0 Å². The van der Waals surface area contributed by atoms with Crippen LogP contribution in [0, 0.1) is 6.92 Å². The van der Waals surface area contributed by atoms with Gasteiger partial charge in [-0.15, -0.1) is 0 Å². The monoisotopic (exact) mass is 184 g/mol. The summed E-state index contributed by atoms with van der Waals surface area (Å²) in [5, 5.41) is 0. The third kappa shape index (κ3) is 3.79. The van der Waals surface area contributed by atoms with Gasteiger partial charge in [0.2, 0.25) is 5.91 Å². The molecule has 0 aliphatic rings. The van der Waals surface area contributed by atoms with Crippen molar-refractivity contribution in [2.45, 2.75) is 59.0 Å². The Labute approximate surface area is 82.3 Å². The van der Waals surface area contributed by atoms with Gasteiger partial charge in [-0.05, 0) is 41.0 Å². The molecule has 0 aromatic heterocycles. The quantitative estimate of drug-likeness (QED) is 0.660. The Bertz CT molecular complexity index is 167. The van der Waals surface area contributed by atoms with Gasteiger partial charge >= 0.3 is 0 Å². The zero-order valence-corrected chi connectivity index (χ0v) is 9.55. The van der Waals surface area contributed by atoms with Crippen molar-refractivity contribution in [1.29, 1.82) is 0 Å². The summed E-state index contributed by atoms with van der Waals surface area (Å²) in [4.78, 5) is 13.6. The van der Waals surface area contributed by atoms with Gasteiger partial charge in [-0.1, -0.05) is 6.92 Å². The normalized spacial score (nSPS) is 11.9. The first-order valence-electron chi connectivity index (χ1n) is 4.92. The molecule has 2 nitrogen and oxygen atoms in total. The molecule has 0 atom stereocenters. The highest BCUT2D eigenvalue weighted by Crippen LogP contribution is 2.18. The van der Waals surface area contributed by atoms with Crippen LogP contribution in [0.5, 0.6) is 0 Å². The number of carbonyl (C=O) groups excluding carboxylic acids is 1. The van der Waals surface area contributed by atoms with Crippen LogP contribution in [0.3, 0.4) is 0 Å². The molecule has 0 N–H and O–H groups in total. The molecule has 0 unspecified atom stereocenters. The molecule has 0 saturated heterocycles. The Morgan fingerprint density at radius 1 is 1.38 bits per heavy atom. The Morgan fingerprint density at radius 3 is 2.08 bits per heavy atom. The predicted octanol–water partition coefficient (Wildman–Crippen LogP) is 2.64. The van der Waals surface area contributed by atoms with Crippen molar-refractivity contribution in [2.75, 3.05) is 0 Å². The SMILES string of the molecule is [CH2]CCC(=O)N(C(C)C)C(C)(C)C. The molecule has 0 saturated carbocycles. The number of amides is 1. The Hall–Kier alpha value is -0.530. The van der Waals surface area contributed by atoms with E-state index in [2.05, 4.69) is 27.7 Å². The van der Waals surface area contributed by atoms with Crippen molar-refractivity contribution in [3.8, 4) is 0 Å². The van der Waals surface area contributed by atoms with E-state index in [9.17, 15) is 4.79 Å².